The molecule has 1 nitrogen and oxygen atoms in total. The zero-order valence-corrected chi connectivity index (χ0v) is 13.1. The molecule has 0 aliphatic heterocycles. The third kappa shape index (κ3) is 2.23. The number of aldehydes is 1. The van der Waals surface area contributed by atoms with Crippen LogP contribution in [0.2, 0.25) is 0 Å². The summed E-state index contributed by atoms with van der Waals surface area (Å²) in [6.45, 7) is 0. The Kier molecular flexibility index (Phi) is 3.48. The first kappa shape index (κ1) is 12.3. The number of rotatable bonds is 3. The average Bonchev–Trinajstić information content (AvgIpc) is 3.08. The predicted molar refractivity (Wildman–Crippen MR) is 84.0 cm³/mol. The number of carbonyl (C=O) groups is 1. The van der Waals surface area contributed by atoms with Gasteiger partial charge in [-0.05, 0) is 45.6 Å². The minimum absolute atomic E-state index is 0.753. The summed E-state index contributed by atoms with van der Waals surface area (Å²) in [5, 5.41) is 2.08. The van der Waals surface area contributed by atoms with Crippen LogP contribution in [0.1, 0.15) is 9.67 Å². The van der Waals surface area contributed by atoms with Gasteiger partial charge in [0.15, 0.2) is 6.29 Å². The van der Waals surface area contributed by atoms with Gasteiger partial charge < -0.3 is 0 Å². The Balaban J connectivity index is 2.02. The summed E-state index contributed by atoms with van der Waals surface area (Å²) in [5.74, 6) is 0. The number of hydrogen-bond acceptors (Lipinski definition) is 4. The Bertz CT molecular complexity index is 679. The van der Waals surface area contributed by atoms with E-state index in [1.807, 2.05) is 6.07 Å². The third-order valence-electron chi connectivity index (χ3n) is 2.42. The summed E-state index contributed by atoms with van der Waals surface area (Å²) in [5.41, 5.74) is 0. The molecule has 90 valence electrons. The number of thiophene rings is 3. The molecule has 3 aromatic rings. The van der Waals surface area contributed by atoms with E-state index < -0.39 is 0 Å². The Morgan fingerprint density at radius 1 is 1.06 bits per heavy atom. The second-order valence-electron chi connectivity index (χ2n) is 3.58. The van der Waals surface area contributed by atoms with Gasteiger partial charge in [-0.15, -0.1) is 34.0 Å². The highest BCUT2D eigenvalue weighted by Gasteiger charge is 2.12. The molecule has 0 radical (unpaired) electrons. The van der Waals surface area contributed by atoms with Crippen molar-refractivity contribution in [2.45, 2.75) is 0 Å². The van der Waals surface area contributed by atoms with Gasteiger partial charge in [-0.25, -0.2) is 0 Å². The van der Waals surface area contributed by atoms with Gasteiger partial charge in [0.2, 0.25) is 0 Å². The van der Waals surface area contributed by atoms with Crippen molar-refractivity contribution in [2.75, 3.05) is 0 Å². The highest BCUT2D eigenvalue weighted by molar-refractivity contribution is 9.10. The molecule has 0 saturated carbocycles. The number of halogens is 1. The summed E-state index contributed by atoms with van der Waals surface area (Å²) < 4.78 is 0.995. The minimum Gasteiger partial charge on any atom is -0.297 e. The van der Waals surface area contributed by atoms with Crippen LogP contribution in [0.15, 0.2) is 40.2 Å². The van der Waals surface area contributed by atoms with E-state index in [1.165, 1.54) is 26.0 Å². The normalized spacial score (nSPS) is 10.7. The second-order valence-corrected chi connectivity index (χ2v) is 7.55. The third-order valence-corrected chi connectivity index (χ3v) is 6.69. The van der Waals surface area contributed by atoms with Crippen molar-refractivity contribution in [2.24, 2.45) is 0 Å². The zero-order chi connectivity index (χ0) is 12.5. The van der Waals surface area contributed by atoms with E-state index >= 15 is 0 Å². The summed E-state index contributed by atoms with van der Waals surface area (Å²) in [7, 11) is 0. The molecule has 0 aliphatic carbocycles. The van der Waals surface area contributed by atoms with Crippen molar-refractivity contribution in [3.05, 3.63) is 45.1 Å². The average molecular weight is 355 g/mol. The van der Waals surface area contributed by atoms with Crippen LogP contribution in [0.3, 0.4) is 0 Å². The van der Waals surface area contributed by atoms with Gasteiger partial charge in [0.05, 0.1) is 9.75 Å². The van der Waals surface area contributed by atoms with Crippen LogP contribution in [0.5, 0.6) is 0 Å². The van der Waals surface area contributed by atoms with Crippen LogP contribution in [-0.4, -0.2) is 6.29 Å². The summed E-state index contributed by atoms with van der Waals surface area (Å²) in [6.07, 6.45) is 0.896. The Morgan fingerprint density at radius 2 is 1.89 bits per heavy atom. The summed E-state index contributed by atoms with van der Waals surface area (Å²) in [6, 6.07) is 10.3. The lowest BCUT2D eigenvalue weighted by molar-refractivity contribution is 0.112. The van der Waals surface area contributed by atoms with Crippen LogP contribution in [0.4, 0.5) is 0 Å². The molecule has 5 heteroatoms. The van der Waals surface area contributed by atoms with Gasteiger partial charge in [0, 0.05) is 19.1 Å². The summed E-state index contributed by atoms with van der Waals surface area (Å²) in [4.78, 5) is 16.4. The maximum atomic E-state index is 10.8. The lowest BCUT2D eigenvalue weighted by Gasteiger charge is -1.92. The molecule has 0 unspecified atom stereocenters. The van der Waals surface area contributed by atoms with Crippen LogP contribution in [0, 0.1) is 0 Å². The van der Waals surface area contributed by atoms with Crippen molar-refractivity contribution in [1.82, 2.24) is 0 Å². The summed E-state index contributed by atoms with van der Waals surface area (Å²) >= 11 is 8.54. The lowest BCUT2D eigenvalue weighted by atomic mass is 10.3. The Labute approximate surface area is 125 Å². The maximum Gasteiger partial charge on any atom is 0.160 e. The topological polar surface area (TPSA) is 17.1 Å². The fraction of sp³-hybridized carbons (Fsp3) is 0. The molecular formula is C13H7BrOS3. The van der Waals surface area contributed by atoms with Gasteiger partial charge in [-0.1, -0.05) is 6.07 Å². The second kappa shape index (κ2) is 5.09. The minimum atomic E-state index is 0.753. The number of carbonyl (C=O) groups excluding carboxylic acids is 1. The standard InChI is InChI=1S/C13H7BrOS3/c14-9-6-8(7-15)17-13(9)12-4-3-11(18-12)10-2-1-5-16-10/h1-7H. The van der Waals surface area contributed by atoms with Crippen molar-refractivity contribution >= 4 is 56.2 Å². The SMILES string of the molecule is O=Cc1cc(Br)c(-c2ccc(-c3cccs3)s2)s1. The molecular weight excluding hydrogens is 348 g/mol. The monoisotopic (exact) mass is 354 g/mol. The fourth-order valence-electron chi connectivity index (χ4n) is 1.62. The molecule has 3 aromatic heterocycles. The molecule has 3 heterocycles. The van der Waals surface area contributed by atoms with Crippen LogP contribution in [0.25, 0.3) is 19.5 Å². The zero-order valence-electron chi connectivity index (χ0n) is 9.05. The molecule has 0 amide bonds. The first-order valence-electron chi connectivity index (χ1n) is 5.16. The van der Waals surface area contributed by atoms with E-state index in [0.717, 1.165) is 20.5 Å². The van der Waals surface area contributed by atoms with Crippen LogP contribution >= 0.6 is 49.9 Å². The molecule has 0 aromatic carbocycles. The van der Waals surface area contributed by atoms with Gasteiger partial charge in [-0.2, -0.15) is 0 Å². The lowest BCUT2D eigenvalue weighted by Crippen LogP contribution is -1.62. The molecule has 0 spiro atoms. The van der Waals surface area contributed by atoms with E-state index in [-0.39, 0.29) is 0 Å². The Hall–Kier alpha value is -0.750. The van der Waals surface area contributed by atoms with E-state index in [9.17, 15) is 4.79 Å². The van der Waals surface area contributed by atoms with E-state index in [4.69, 9.17) is 0 Å². The fourth-order valence-corrected chi connectivity index (χ4v) is 5.44. The maximum absolute atomic E-state index is 10.8. The number of hydrogen-bond donors (Lipinski definition) is 0. The molecule has 0 N–H and O–H groups in total. The van der Waals surface area contributed by atoms with Crippen molar-refractivity contribution in [1.29, 1.82) is 0 Å². The first-order valence-corrected chi connectivity index (χ1v) is 8.47. The first-order chi connectivity index (χ1) is 8.78. The molecule has 18 heavy (non-hydrogen) atoms. The largest absolute Gasteiger partial charge is 0.297 e. The molecule has 0 saturated heterocycles. The van der Waals surface area contributed by atoms with Crippen molar-refractivity contribution in [3.8, 4) is 19.5 Å². The quantitative estimate of drug-likeness (QED) is 0.544. The van der Waals surface area contributed by atoms with Crippen LogP contribution in [-0.2, 0) is 0 Å². The van der Waals surface area contributed by atoms with E-state index in [2.05, 4.69) is 45.6 Å². The van der Waals surface area contributed by atoms with E-state index in [0.29, 0.717) is 0 Å². The molecule has 3 rings (SSSR count). The molecule has 0 aliphatic rings. The Morgan fingerprint density at radius 3 is 2.56 bits per heavy atom. The van der Waals surface area contributed by atoms with E-state index in [1.54, 1.807) is 22.7 Å². The van der Waals surface area contributed by atoms with Crippen molar-refractivity contribution in [3.63, 3.8) is 0 Å². The molecule has 0 fully saturated rings. The van der Waals surface area contributed by atoms with Gasteiger partial charge in [0.1, 0.15) is 0 Å². The van der Waals surface area contributed by atoms with Crippen LogP contribution < -0.4 is 0 Å². The van der Waals surface area contributed by atoms with Gasteiger partial charge in [-0.3, -0.25) is 4.79 Å². The predicted octanol–water partition coefficient (Wildman–Crippen LogP) is 5.78. The highest BCUT2D eigenvalue weighted by atomic mass is 79.9. The van der Waals surface area contributed by atoms with Crippen molar-refractivity contribution < 1.29 is 4.79 Å². The van der Waals surface area contributed by atoms with Gasteiger partial charge >= 0.3 is 0 Å². The molecule has 0 atom stereocenters. The highest BCUT2D eigenvalue weighted by Crippen LogP contribution is 2.42. The van der Waals surface area contributed by atoms with Gasteiger partial charge in [0.25, 0.3) is 0 Å². The smallest absolute Gasteiger partial charge is 0.160 e. The molecule has 0 bridgehead atoms.